The molecule has 20 heavy (non-hydrogen) atoms. The largest absolute Gasteiger partial charge is 0.390 e. The van der Waals surface area contributed by atoms with E-state index in [9.17, 15) is 18.0 Å². The van der Waals surface area contributed by atoms with Crippen LogP contribution in [0, 0.1) is 0 Å². The molecule has 0 aliphatic heterocycles. The summed E-state index contributed by atoms with van der Waals surface area (Å²) in [4.78, 5) is 12.6. The van der Waals surface area contributed by atoms with Crippen LogP contribution in [0.3, 0.4) is 0 Å². The van der Waals surface area contributed by atoms with Gasteiger partial charge in [-0.3, -0.25) is 0 Å². The zero-order valence-electron chi connectivity index (χ0n) is 10.6. The summed E-state index contributed by atoms with van der Waals surface area (Å²) in [5.41, 5.74) is 0.687. The number of nitrogens with zero attached hydrogens (tertiary/aromatic N) is 1. The van der Waals surface area contributed by atoms with Crippen molar-refractivity contribution < 1.29 is 18.0 Å². The van der Waals surface area contributed by atoms with Crippen molar-refractivity contribution in [2.24, 2.45) is 0 Å². The maximum absolute atomic E-state index is 12.0. The van der Waals surface area contributed by atoms with Crippen LogP contribution in [0.15, 0.2) is 22.7 Å². The van der Waals surface area contributed by atoms with Crippen LogP contribution in [0.25, 0.3) is 0 Å². The highest BCUT2D eigenvalue weighted by Crippen LogP contribution is 2.21. The van der Waals surface area contributed by atoms with Crippen LogP contribution in [-0.4, -0.2) is 30.7 Å². The van der Waals surface area contributed by atoms with Gasteiger partial charge in [0.25, 0.3) is 0 Å². The first-order chi connectivity index (χ1) is 9.19. The molecule has 0 saturated heterocycles. The summed E-state index contributed by atoms with van der Waals surface area (Å²) in [5, 5.41) is 2.99. The van der Waals surface area contributed by atoms with Gasteiger partial charge >= 0.3 is 12.2 Å². The maximum Gasteiger partial charge on any atom is 0.390 e. The minimum absolute atomic E-state index is 0.154. The van der Waals surface area contributed by atoms with Crippen molar-refractivity contribution >= 4 is 33.6 Å². The second-order valence-corrected chi connectivity index (χ2v) is 5.50. The molecule has 1 rings (SSSR count). The minimum atomic E-state index is -4.27. The molecule has 0 atom stereocenters. The summed E-state index contributed by atoms with van der Waals surface area (Å²) in [5.74, 6) is 0. The van der Waals surface area contributed by atoms with E-state index in [1.54, 1.807) is 18.2 Å². The van der Waals surface area contributed by atoms with Crippen molar-refractivity contribution in [3.63, 3.8) is 0 Å². The van der Waals surface area contributed by atoms with E-state index in [0.29, 0.717) is 10.6 Å². The molecule has 0 aromatic heterocycles. The molecule has 2 amide bonds. The van der Waals surface area contributed by atoms with Crippen LogP contribution in [0.1, 0.15) is 12.0 Å². The Morgan fingerprint density at radius 3 is 2.65 bits per heavy atom. The molecule has 0 heterocycles. The number of amides is 2. The number of rotatable bonds is 4. The van der Waals surface area contributed by atoms with Gasteiger partial charge in [-0.15, -0.1) is 0 Å². The van der Waals surface area contributed by atoms with Crippen molar-refractivity contribution in [2.45, 2.75) is 19.1 Å². The monoisotopic (exact) mass is 372 g/mol. The number of carbonyl (C=O) groups is 1. The molecule has 1 aromatic rings. The molecule has 0 bridgehead atoms. The highest BCUT2D eigenvalue weighted by atomic mass is 79.9. The van der Waals surface area contributed by atoms with E-state index in [-0.39, 0.29) is 13.1 Å². The summed E-state index contributed by atoms with van der Waals surface area (Å²) in [6, 6.07) is 4.59. The molecule has 0 aliphatic carbocycles. The van der Waals surface area contributed by atoms with Gasteiger partial charge in [-0.25, -0.2) is 4.79 Å². The van der Waals surface area contributed by atoms with Gasteiger partial charge in [0.2, 0.25) is 0 Å². The third-order valence-corrected chi connectivity index (χ3v) is 3.37. The van der Waals surface area contributed by atoms with Gasteiger partial charge < -0.3 is 10.2 Å². The van der Waals surface area contributed by atoms with E-state index in [1.807, 2.05) is 0 Å². The molecule has 0 fully saturated rings. The van der Waals surface area contributed by atoms with Gasteiger partial charge in [0.15, 0.2) is 0 Å². The molecule has 112 valence electrons. The third-order valence-electron chi connectivity index (χ3n) is 2.52. The average molecular weight is 374 g/mol. The number of urea groups is 1. The Hall–Kier alpha value is -0.950. The van der Waals surface area contributed by atoms with Crippen LogP contribution >= 0.6 is 27.5 Å². The van der Waals surface area contributed by atoms with Crippen LogP contribution in [-0.2, 0) is 6.54 Å². The molecule has 8 heteroatoms. The highest BCUT2D eigenvalue weighted by molar-refractivity contribution is 9.10. The van der Waals surface area contributed by atoms with Crippen molar-refractivity contribution in [2.75, 3.05) is 13.6 Å². The summed E-state index contributed by atoms with van der Waals surface area (Å²) in [6.45, 7) is -0.231. The summed E-state index contributed by atoms with van der Waals surface area (Å²) in [6.07, 6.45) is -5.31. The maximum atomic E-state index is 12.0. The van der Waals surface area contributed by atoms with Gasteiger partial charge in [0, 0.05) is 29.6 Å². The Morgan fingerprint density at radius 1 is 1.45 bits per heavy atom. The fourth-order valence-corrected chi connectivity index (χ4v) is 2.11. The second kappa shape index (κ2) is 7.17. The smallest absolute Gasteiger partial charge is 0.334 e. The van der Waals surface area contributed by atoms with Crippen molar-refractivity contribution in [1.82, 2.24) is 10.2 Å². The first-order valence-electron chi connectivity index (χ1n) is 5.68. The topological polar surface area (TPSA) is 32.3 Å². The quantitative estimate of drug-likeness (QED) is 0.843. The lowest BCUT2D eigenvalue weighted by atomic mass is 10.2. The van der Waals surface area contributed by atoms with Crippen molar-refractivity contribution in [1.29, 1.82) is 0 Å². The molecule has 3 nitrogen and oxygen atoms in total. The Labute approximate surface area is 128 Å². The van der Waals surface area contributed by atoms with E-state index < -0.39 is 18.6 Å². The number of hydrogen-bond acceptors (Lipinski definition) is 1. The van der Waals surface area contributed by atoms with Gasteiger partial charge in [-0.2, -0.15) is 13.2 Å². The molecule has 0 spiro atoms. The number of hydrogen-bond donors (Lipinski definition) is 1. The van der Waals surface area contributed by atoms with Crippen LogP contribution in [0.4, 0.5) is 18.0 Å². The Bertz CT molecular complexity index is 482. The number of halogens is 5. The zero-order chi connectivity index (χ0) is 15.3. The first kappa shape index (κ1) is 17.1. The second-order valence-electron chi connectivity index (χ2n) is 4.18. The zero-order valence-corrected chi connectivity index (χ0v) is 12.9. The standard InChI is InChI=1S/C12H13BrClF3N2O/c1-19(5-4-12(15,16)17)11(20)18-7-8-2-3-9(13)6-10(8)14/h2-3,6H,4-5,7H2,1H3,(H,18,20). The number of carbonyl (C=O) groups excluding carboxylic acids is 1. The van der Waals surface area contributed by atoms with E-state index in [0.717, 1.165) is 9.37 Å². The molecule has 0 radical (unpaired) electrons. The SMILES string of the molecule is CN(CCC(F)(F)F)C(=O)NCc1ccc(Br)cc1Cl. The molecule has 0 aliphatic rings. The third kappa shape index (κ3) is 6.00. The summed E-state index contributed by atoms with van der Waals surface area (Å²) in [7, 11) is 1.31. The lowest BCUT2D eigenvalue weighted by molar-refractivity contribution is -0.136. The lowest BCUT2D eigenvalue weighted by Crippen LogP contribution is -2.38. The predicted octanol–water partition coefficient (Wildman–Crippen LogP) is 4.20. The van der Waals surface area contributed by atoms with Gasteiger partial charge in [-0.1, -0.05) is 33.6 Å². The molecule has 1 aromatic carbocycles. The minimum Gasteiger partial charge on any atom is -0.334 e. The fourth-order valence-electron chi connectivity index (χ4n) is 1.37. The lowest BCUT2D eigenvalue weighted by Gasteiger charge is -2.19. The van der Waals surface area contributed by atoms with Crippen LogP contribution in [0.5, 0.6) is 0 Å². The Kier molecular flexibility index (Phi) is 6.13. The van der Waals surface area contributed by atoms with E-state index >= 15 is 0 Å². The first-order valence-corrected chi connectivity index (χ1v) is 6.86. The average Bonchev–Trinajstić information content (AvgIpc) is 2.33. The molecule has 1 N–H and O–H groups in total. The predicted molar refractivity (Wildman–Crippen MR) is 74.7 cm³/mol. The van der Waals surface area contributed by atoms with Crippen LogP contribution < -0.4 is 5.32 Å². The summed E-state index contributed by atoms with van der Waals surface area (Å²) >= 11 is 9.22. The molecule has 0 saturated carbocycles. The fraction of sp³-hybridized carbons (Fsp3) is 0.417. The Balaban J connectivity index is 2.46. The van der Waals surface area contributed by atoms with E-state index in [1.165, 1.54) is 7.05 Å². The number of nitrogens with one attached hydrogen (secondary N) is 1. The number of benzene rings is 1. The Morgan fingerprint density at radius 2 is 2.10 bits per heavy atom. The van der Waals surface area contributed by atoms with E-state index in [2.05, 4.69) is 21.2 Å². The molecular formula is C12H13BrClF3N2O. The highest BCUT2D eigenvalue weighted by Gasteiger charge is 2.28. The number of alkyl halides is 3. The van der Waals surface area contributed by atoms with Crippen molar-refractivity contribution in [3.8, 4) is 0 Å². The van der Waals surface area contributed by atoms with Gasteiger partial charge in [0.05, 0.1) is 6.42 Å². The van der Waals surface area contributed by atoms with Crippen molar-refractivity contribution in [3.05, 3.63) is 33.3 Å². The van der Waals surface area contributed by atoms with Crippen LogP contribution in [0.2, 0.25) is 5.02 Å². The van der Waals surface area contributed by atoms with Gasteiger partial charge in [-0.05, 0) is 17.7 Å². The molecule has 0 unspecified atom stereocenters. The normalized spacial score (nSPS) is 11.3. The van der Waals surface area contributed by atoms with E-state index in [4.69, 9.17) is 11.6 Å². The van der Waals surface area contributed by atoms with Gasteiger partial charge in [0.1, 0.15) is 0 Å². The summed E-state index contributed by atoms with van der Waals surface area (Å²) < 4.78 is 36.9. The molecular weight excluding hydrogens is 360 g/mol.